The fourth-order valence-electron chi connectivity index (χ4n) is 0.834. The maximum absolute atomic E-state index is 10.8. The van der Waals surface area contributed by atoms with Gasteiger partial charge in [-0.1, -0.05) is 19.8 Å². The third-order valence-electron chi connectivity index (χ3n) is 1.55. The van der Waals surface area contributed by atoms with E-state index < -0.39 is 0 Å². The van der Waals surface area contributed by atoms with Crippen molar-refractivity contribution in [1.29, 1.82) is 0 Å². The molecular formula is C9H18O3. The van der Waals surface area contributed by atoms with Gasteiger partial charge < -0.3 is 9.84 Å². The van der Waals surface area contributed by atoms with Gasteiger partial charge in [-0.3, -0.25) is 4.79 Å². The Kier molecular flexibility index (Phi) is 8.12. The number of rotatable bonds is 7. The second-order valence-electron chi connectivity index (χ2n) is 2.75. The number of aliphatic hydroxyl groups is 1. The lowest BCUT2D eigenvalue weighted by Crippen LogP contribution is -2.06. The molecule has 0 aromatic heterocycles. The van der Waals surface area contributed by atoms with Gasteiger partial charge in [0.2, 0.25) is 0 Å². The molecule has 0 saturated carbocycles. The van der Waals surface area contributed by atoms with Crippen molar-refractivity contribution in [2.45, 2.75) is 39.0 Å². The molecule has 0 unspecified atom stereocenters. The van der Waals surface area contributed by atoms with Crippen molar-refractivity contribution in [3.05, 3.63) is 0 Å². The number of ether oxygens (including phenoxy) is 1. The van der Waals surface area contributed by atoms with Gasteiger partial charge in [-0.2, -0.15) is 0 Å². The smallest absolute Gasteiger partial charge is 0.305 e. The number of esters is 1. The topological polar surface area (TPSA) is 46.5 Å². The monoisotopic (exact) mass is 174 g/mol. The van der Waals surface area contributed by atoms with Crippen LogP contribution in [-0.2, 0) is 9.53 Å². The molecule has 0 aromatic rings. The maximum Gasteiger partial charge on any atom is 0.305 e. The Morgan fingerprint density at radius 2 is 2.08 bits per heavy atom. The predicted molar refractivity (Wildman–Crippen MR) is 46.8 cm³/mol. The molecule has 0 saturated heterocycles. The number of carbonyl (C=O) groups excluding carboxylic acids is 1. The van der Waals surface area contributed by atoms with Gasteiger partial charge in [-0.15, -0.1) is 0 Å². The van der Waals surface area contributed by atoms with Crippen LogP contribution < -0.4 is 0 Å². The van der Waals surface area contributed by atoms with Crippen LogP contribution >= 0.6 is 0 Å². The van der Waals surface area contributed by atoms with E-state index in [4.69, 9.17) is 9.84 Å². The van der Waals surface area contributed by atoms with Crippen molar-refractivity contribution < 1.29 is 14.6 Å². The zero-order valence-corrected chi connectivity index (χ0v) is 7.71. The van der Waals surface area contributed by atoms with Crippen LogP contribution in [0, 0.1) is 0 Å². The van der Waals surface area contributed by atoms with Crippen molar-refractivity contribution in [2.24, 2.45) is 0 Å². The highest BCUT2D eigenvalue weighted by atomic mass is 16.5. The number of unbranched alkanes of at least 4 members (excludes halogenated alkanes) is 2. The van der Waals surface area contributed by atoms with Crippen LogP contribution in [0.5, 0.6) is 0 Å². The minimum absolute atomic E-state index is 0.0596. The molecule has 0 bridgehead atoms. The Morgan fingerprint density at radius 3 is 2.67 bits per heavy atom. The average Bonchev–Trinajstić information content (AvgIpc) is 2.09. The molecule has 0 aliphatic carbocycles. The van der Waals surface area contributed by atoms with Crippen LogP contribution in [0.2, 0.25) is 0 Å². The van der Waals surface area contributed by atoms with Crippen molar-refractivity contribution >= 4 is 5.97 Å². The minimum atomic E-state index is -0.194. The summed E-state index contributed by atoms with van der Waals surface area (Å²) in [4.78, 5) is 10.8. The van der Waals surface area contributed by atoms with E-state index in [0.717, 1.165) is 19.3 Å². The molecule has 0 radical (unpaired) electrons. The molecule has 3 heteroatoms. The Morgan fingerprint density at radius 1 is 1.33 bits per heavy atom. The van der Waals surface area contributed by atoms with E-state index in [1.165, 1.54) is 0 Å². The number of carbonyl (C=O) groups is 1. The minimum Gasteiger partial charge on any atom is -0.466 e. The first-order valence-corrected chi connectivity index (χ1v) is 4.57. The summed E-state index contributed by atoms with van der Waals surface area (Å²) >= 11 is 0. The second kappa shape index (κ2) is 8.53. The van der Waals surface area contributed by atoms with Gasteiger partial charge in [0.1, 0.15) is 0 Å². The van der Waals surface area contributed by atoms with Gasteiger partial charge >= 0.3 is 5.97 Å². The van der Waals surface area contributed by atoms with Gasteiger partial charge in [-0.05, 0) is 12.8 Å². The molecule has 0 heterocycles. The lowest BCUT2D eigenvalue weighted by molar-refractivity contribution is -0.144. The fraction of sp³-hybridized carbons (Fsp3) is 0.889. The summed E-state index contributed by atoms with van der Waals surface area (Å²) in [6, 6.07) is 0. The zero-order chi connectivity index (χ0) is 9.23. The molecule has 3 nitrogen and oxygen atoms in total. The number of hydrogen-bond donors (Lipinski definition) is 1. The maximum atomic E-state index is 10.8. The summed E-state index contributed by atoms with van der Waals surface area (Å²) in [5.74, 6) is -0.194. The Hall–Kier alpha value is -0.570. The average molecular weight is 174 g/mol. The lowest BCUT2D eigenvalue weighted by Gasteiger charge is -2.02. The van der Waals surface area contributed by atoms with Gasteiger partial charge in [0.05, 0.1) is 6.61 Å². The molecule has 0 aliphatic heterocycles. The number of hydrogen-bond acceptors (Lipinski definition) is 3. The van der Waals surface area contributed by atoms with Crippen LogP contribution in [-0.4, -0.2) is 24.3 Å². The van der Waals surface area contributed by atoms with Crippen LogP contribution in [0.4, 0.5) is 0 Å². The van der Waals surface area contributed by atoms with Gasteiger partial charge in [0, 0.05) is 13.0 Å². The lowest BCUT2D eigenvalue weighted by atomic mass is 10.3. The van der Waals surface area contributed by atoms with Crippen LogP contribution in [0.3, 0.4) is 0 Å². The fourth-order valence-corrected chi connectivity index (χ4v) is 0.834. The van der Waals surface area contributed by atoms with E-state index >= 15 is 0 Å². The van der Waals surface area contributed by atoms with Gasteiger partial charge in [-0.25, -0.2) is 0 Å². The molecule has 0 rings (SSSR count). The highest BCUT2D eigenvalue weighted by Gasteiger charge is 2.00. The van der Waals surface area contributed by atoms with E-state index in [-0.39, 0.29) is 12.6 Å². The molecule has 72 valence electrons. The third kappa shape index (κ3) is 7.54. The van der Waals surface area contributed by atoms with Crippen LogP contribution in [0.25, 0.3) is 0 Å². The van der Waals surface area contributed by atoms with Gasteiger partial charge in [0.15, 0.2) is 0 Å². The van der Waals surface area contributed by atoms with Crippen molar-refractivity contribution in [1.82, 2.24) is 0 Å². The summed E-state index contributed by atoms with van der Waals surface area (Å²) in [7, 11) is 0. The molecule has 0 aromatic carbocycles. The SMILES string of the molecule is CCCCCOC(=O)CCCO. The summed E-state index contributed by atoms with van der Waals surface area (Å²) in [6.07, 6.45) is 4.03. The molecule has 12 heavy (non-hydrogen) atoms. The summed E-state index contributed by atoms with van der Waals surface area (Å²) in [5, 5.41) is 8.42. The molecule has 0 atom stereocenters. The largest absolute Gasteiger partial charge is 0.466 e. The first-order chi connectivity index (χ1) is 5.81. The summed E-state index contributed by atoms with van der Waals surface area (Å²) in [6.45, 7) is 2.69. The molecule has 1 N–H and O–H groups in total. The molecule has 0 spiro atoms. The standard InChI is InChI=1S/C9H18O3/c1-2-3-4-8-12-9(11)6-5-7-10/h10H,2-8H2,1H3. The Labute approximate surface area is 73.7 Å². The quantitative estimate of drug-likeness (QED) is 0.470. The second-order valence-corrected chi connectivity index (χ2v) is 2.75. The zero-order valence-electron chi connectivity index (χ0n) is 7.71. The molecule has 0 fully saturated rings. The van der Waals surface area contributed by atoms with E-state index in [1.54, 1.807) is 0 Å². The Balaban J connectivity index is 3.08. The first-order valence-electron chi connectivity index (χ1n) is 4.57. The highest BCUT2D eigenvalue weighted by molar-refractivity contribution is 5.69. The van der Waals surface area contributed by atoms with Crippen molar-refractivity contribution in [2.75, 3.05) is 13.2 Å². The molecule has 0 amide bonds. The van der Waals surface area contributed by atoms with Crippen molar-refractivity contribution in [3.63, 3.8) is 0 Å². The van der Waals surface area contributed by atoms with E-state index in [1.807, 2.05) is 0 Å². The predicted octanol–water partition coefficient (Wildman–Crippen LogP) is 1.49. The molecular weight excluding hydrogens is 156 g/mol. The summed E-state index contributed by atoms with van der Waals surface area (Å²) < 4.78 is 4.90. The first kappa shape index (κ1) is 11.4. The third-order valence-corrected chi connectivity index (χ3v) is 1.55. The normalized spacial score (nSPS) is 9.83. The van der Waals surface area contributed by atoms with Crippen LogP contribution in [0.1, 0.15) is 39.0 Å². The van der Waals surface area contributed by atoms with E-state index in [9.17, 15) is 4.79 Å². The highest BCUT2D eigenvalue weighted by Crippen LogP contribution is 1.97. The molecule has 0 aliphatic rings. The van der Waals surface area contributed by atoms with E-state index in [2.05, 4.69) is 6.92 Å². The van der Waals surface area contributed by atoms with Gasteiger partial charge in [0.25, 0.3) is 0 Å². The van der Waals surface area contributed by atoms with E-state index in [0.29, 0.717) is 19.4 Å². The number of aliphatic hydroxyl groups excluding tert-OH is 1. The summed E-state index contributed by atoms with van der Waals surface area (Å²) in [5.41, 5.74) is 0. The van der Waals surface area contributed by atoms with Crippen LogP contribution in [0.15, 0.2) is 0 Å². The Bertz CT molecular complexity index is 112. The van der Waals surface area contributed by atoms with Crippen molar-refractivity contribution in [3.8, 4) is 0 Å².